The average molecular weight is 209 g/mol. The van der Waals surface area contributed by atoms with Crippen molar-refractivity contribution in [1.82, 2.24) is 9.78 Å². The molecule has 5 nitrogen and oxygen atoms in total. The second-order valence-electron chi connectivity index (χ2n) is 3.83. The van der Waals surface area contributed by atoms with Crippen LogP contribution in [0.5, 0.6) is 0 Å². The minimum Gasteiger partial charge on any atom is -0.370 e. The second kappa shape index (κ2) is 5.38. The zero-order valence-electron chi connectivity index (χ0n) is 9.57. The smallest absolute Gasteiger partial charge is 0.193 e. The van der Waals surface area contributed by atoms with Gasteiger partial charge in [0, 0.05) is 19.3 Å². The van der Waals surface area contributed by atoms with E-state index in [-0.39, 0.29) is 0 Å². The van der Waals surface area contributed by atoms with Crippen LogP contribution in [0.2, 0.25) is 0 Å². The van der Waals surface area contributed by atoms with Crippen molar-refractivity contribution >= 4 is 11.6 Å². The summed E-state index contributed by atoms with van der Waals surface area (Å²) in [5.74, 6) is 0.961. The summed E-state index contributed by atoms with van der Waals surface area (Å²) in [6, 6.07) is 0. The lowest BCUT2D eigenvalue weighted by atomic mass is 10.2. The first-order chi connectivity index (χ1) is 7.11. The van der Waals surface area contributed by atoms with Crippen molar-refractivity contribution in [2.45, 2.75) is 27.3 Å². The van der Waals surface area contributed by atoms with Gasteiger partial charge in [0.05, 0.1) is 11.9 Å². The standard InChI is InChI=1S/C10H19N5/c1-4-15-7-9(6-13-15)14-10(11)12-5-8(2)3/h6-8H,4-5H2,1-3H3,(H3,11,12,14). The number of rotatable bonds is 4. The molecule has 0 radical (unpaired) electrons. The van der Waals surface area contributed by atoms with Crippen LogP contribution in [0, 0.1) is 5.92 Å². The lowest BCUT2D eigenvalue weighted by Crippen LogP contribution is -2.23. The third-order valence-corrected chi connectivity index (χ3v) is 1.86. The van der Waals surface area contributed by atoms with Gasteiger partial charge in [0.1, 0.15) is 0 Å². The molecule has 1 heterocycles. The highest BCUT2D eigenvalue weighted by molar-refractivity contribution is 5.91. The molecule has 84 valence electrons. The molecule has 3 N–H and O–H groups in total. The number of aryl methyl sites for hydroxylation is 1. The fourth-order valence-corrected chi connectivity index (χ4v) is 1.07. The number of hydrogen-bond acceptors (Lipinski definition) is 2. The number of nitrogens with one attached hydrogen (secondary N) is 1. The van der Waals surface area contributed by atoms with E-state index in [2.05, 4.69) is 29.3 Å². The zero-order chi connectivity index (χ0) is 11.3. The van der Waals surface area contributed by atoms with Gasteiger partial charge in [0.25, 0.3) is 0 Å². The third-order valence-electron chi connectivity index (χ3n) is 1.86. The molecule has 0 spiro atoms. The molecule has 0 saturated carbocycles. The summed E-state index contributed by atoms with van der Waals surface area (Å²) < 4.78 is 1.83. The fourth-order valence-electron chi connectivity index (χ4n) is 1.07. The van der Waals surface area contributed by atoms with Crippen molar-refractivity contribution < 1.29 is 0 Å². The van der Waals surface area contributed by atoms with Crippen LogP contribution in [0.15, 0.2) is 17.4 Å². The molecule has 0 bridgehead atoms. The third kappa shape index (κ3) is 4.01. The Balaban J connectivity index is 2.50. The van der Waals surface area contributed by atoms with Crippen LogP contribution in [0.4, 0.5) is 5.69 Å². The highest BCUT2D eigenvalue weighted by Gasteiger charge is 1.98. The van der Waals surface area contributed by atoms with Crippen LogP contribution in [0.1, 0.15) is 20.8 Å². The van der Waals surface area contributed by atoms with E-state index in [1.807, 2.05) is 17.8 Å². The SMILES string of the molecule is CCn1cc(NC(N)=NCC(C)C)cn1. The van der Waals surface area contributed by atoms with Gasteiger partial charge in [0.15, 0.2) is 5.96 Å². The highest BCUT2D eigenvalue weighted by Crippen LogP contribution is 2.03. The molecule has 0 fully saturated rings. The second-order valence-corrected chi connectivity index (χ2v) is 3.83. The van der Waals surface area contributed by atoms with Crippen molar-refractivity contribution in [2.24, 2.45) is 16.6 Å². The Hall–Kier alpha value is -1.52. The number of nitrogens with two attached hydrogens (primary N) is 1. The number of nitrogens with zero attached hydrogens (tertiary/aromatic N) is 3. The quantitative estimate of drug-likeness (QED) is 0.580. The van der Waals surface area contributed by atoms with Gasteiger partial charge in [-0.05, 0) is 12.8 Å². The summed E-state index contributed by atoms with van der Waals surface area (Å²) in [7, 11) is 0. The topological polar surface area (TPSA) is 68.2 Å². The molecule has 0 unspecified atom stereocenters. The Morgan fingerprint density at radius 3 is 2.93 bits per heavy atom. The number of anilines is 1. The lowest BCUT2D eigenvalue weighted by Gasteiger charge is -2.03. The molecule has 15 heavy (non-hydrogen) atoms. The van der Waals surface area contributed by atoms with E-state index in [1.54, 1.807) is 6.20 Å². The van der Waals surface area contributed by atoms with Crippen LogP contribution in [0.25, 0.3) is 0 Å². The molecule has 0 aliphatic rings. The highest BCUT2D eigenvalue weighted by atomic mass is 15.3. The van der Waals surface area contributed by atoms with E-state index in [1.165, 1.54) is 0 Å². The van der Waals surface area contributed by atoms with Crippen molar-refractivity contribution in [3.8, 4) is 0 Å². The summed E-state index contributed by atoms with van der Waals surface area (Å²) in [4.78, 5) is 4.20. The van der Waals surface area contributed by atoms with Gasteiger partial charge in [-0.2, -0.15) is 5.10 Å². The Morgan fingerprint density at radius 2 is 2.40 bits per heavy atom. The van der Waals surface area contributed by atoms with Crippen LogP contribution in [-0.4, -0.2) is 22.3 Å². The van der Waals surface area contributed by atoms with Crippen molar-refractivity contribution in [3.05, 3.63) is 12.4 Å². The molecule has 5 heteroatoms. The first-order valence-corrected chi connectivity index (χ1v) is 5.21. The Bertz CT molecular complexity index is 326. The predicted octanol–water partition coefficient (Wildman–Crippen LogP) is 1.29. The van der Waals surface area contributed by atoms with Crippen LogP contribution < -0.4 is 11.1 Å². The minimum atomic E-state index is 0.444. The van der Waals surface area contributed by atoms with Crippen LogP contribution in [0.3, 0.4) is 0 Å². The van der Waals surface area contributed by atoms with Crippen LogP contribution >= 0.6 is 0 Å². The maximum absolute atomic E-state index is 5.71. The van der Waals surface area contributed by atoms with Gasteiger partial charge in [-0.25, -0.2) is 0 Å². The summed E-state index contributed by atoms with van der Waals surface area (Å²) in [6.07, 6.45) is 3.64. The van der Waals surface area contributed by atoms with E-state index in [4.69, 9.17) is 5.73 Å². The Kier molecular flexibility index (Phi) is 4.15. The normalized spacial score (nSPS) is 12.1. The molecule has 0 aliphatic heterocycles. The van der Waals surface area contributed by atoms with E-state index in [0.717, 1.165) is 18.8 Å². The number of aliphatic imine (C=N–C) groups is 1. The Morgan fingerprint density at radius 1 is 1.67 bits per heavy atom. The maximum Gasteiger partial charge on any atom is 0.193 e. The molecule has 0 aliphatic carbocycles. The summed E-state index contributed by atoms with van der Waals surface area (Å²) in [6.45, 7) is 7.83. The van der Waals surface area contributed by atoms with Gasteiger partial charge in [-0.15, -0.1) is 0 Å². The molecule has 0 saturated heterocycles. The summed E-state index contributed by atoms with van der Waals surface area (Å²) >= 11 is 0. The Labute approximate surface area is 90.4 Å². The van der Waals surface area contributed by atoms with E-state index >= 15 is 0 Å². The monoisotopic (exact) mass is 209 g/mol. The summed E-state index contributed by atoms with van der Waals surface area (Å²) in [5, 5.41) is 7.12. The average Bonchev–Trinajstić information content (AvgIpc) is 2.62. The van der Waals surface area contributed by atoms with Gasteiger partial charge in [0.2, 0.25) is 0 Å². The van der Waals surface area contributed by atoms with E-state index in [9.17, 15) is 0 Å². The maximum atomic E-state index is 5.71. The molecule has 1 rings (SSSR count). The molecule has 0 atom stereocenters. The van der Waals surface area contributed by atoms with E-state index in [0.29, 0.717) is 11.9 Å². The van der Waals surface area contributed by atoms with Crippen LogP contribution in [-0.2, 0) is 6.54 Å². The summed E-state index contributed by atoms with van der Waals surface area (Å²) in [5.41, 5.74) is 6.58. The number of aromatic nitrogens is 2. The van der Waals surface area contributed by atoms with Gasteiger partial charge in [-0.1, -0.05) is 13.8 Å². The number of guanidine groups is 1. The first-order valence-electron chi connectivity index (χ1n) is 5.21. The first kappa shape index (κ1) is 11.6. The fraction of sp³-hybridized carbons (Fsp3) is 0.600. The number of hydrogen-bond donors (Lipinski definition) is 2. The van der Waals surface area contributed by atoms with Gasteiger partial charge in [-0.3, -0.25) is 9.67 Å². The van der Waals surface area contributed by atoms with E-state index < -0.39 is 0 Å². The van der Waals surface area contributed by atoms with Crippen molar-refractivity contribution in [2.75, 3.05) is 11.9 Å². The zero-order valence-corrected chi connectivity index (χ0v) is 9.57. The largest absolute Gasteiger partial charge is 0.370 e. The molecular weight excluding hydrogens is 190 g/mol. The minimum absolute atomic E-state index is 0.444. The van der Waals surface area contributed by atoms with Crippen molar-refractivity contribution in [1.29, 1.82) is 0 Å². The predicted molar refractivity (Wildman–Crippen MR) is 62.9 cm³/mol. The molecule has 1 aromatic heterocycles. The molecule has 1 aromatic rings. The molecular formula is C10H19N5. The lowest BCUT2D eigenvalue weighted by molar-refractivity contribution is 0.660. The van der Waals surface area contributed by atoms with Crippen molar-refractivity contribution in [3.63, 3.8) is 0 Å². The molecule has 0 aromatic carbocycles. The molecule has 0 amide bonds. The van der Waals surface area contributed by atoms with Gasteiger partial charge >= 0.3 is 0 Å². The van der Waals surface area contributed by atoms with Gasteiger partial charge < -0.3 is 11.1 Å².